The number of aryl methyl sites for hydroxylation is 1. The molecule has 2 aromatic rings. The molecule has 1 N–H and O–H groups in total. The molecule has 0 saturated carbocycles. The molecule has 21 heavy (non-hydrogen) atoms. The SMILES string of the molecule is Cc1ccnc(Oc2ccc([N+](=O)[O-])cc2Cl)c1C(=O)O. The summed E-state index contributed by atoms with van der Waals surface area (Å²) in [6, 6.07) is 5.15. The van der Waals surface area contributed by atoms with E-state index in [2.05, 4.69) is 4.98 Å². The summed E-state index contributed by atoms with van der Waals surface area (Å²) in [6.45, 7) is 1.61. The van der Waals surface area contributed by atoms with Gasteiger partial charge in [-0.3, -0.25) is 10.1 Å². The molecule has 0 aliphatic heterocycles. The molecule has 0 atom stereocenters. The van der Waals surface area contributed by atoms with Gasteiger partial charge in [0.15, 0.2) is 0 Å². The average Bonchev–Trinajstić information content (AvgIpc) is 2.40. The zero-order valence-corrected chi connectivity index (χ0v) is 11.5. The minimum atomic E-state index is -1.19. The molecule has 0 amide bonds. The Balaban J connectivity index is 2.42. The molecule has 7 nitrogen and oxygen atoms in total. The van der Waals surface area contributed by atoms with Crippen LogP contribution >= 0.6 is 11.6 Å². The zero-order valence-electron chi connectivity index (χ0n) is 10.7. The fourth-order valence-electron chi connectivity index (χ4n) is 1.66. The number of pyridine rings is 1. The van der Waals surface area contributed by atoms with Gasteiger partial charge in [-0.2, -0.15) is 0 Å². The Bertz CT molecular complexity index is 732. The summed E-state index contributed by atoms with van der Waals surface area (Å²) in [5.74, 6) is -1.23. The molecular formula is C13H9ClN2O5. The van der Waals surface area contributed by atoms with Gasteiger partial charge in [0.05, 0.1) is 9.95 Å². The maximum absolute atomic E-state index is 11.2. The Labute approximate surface area is 123 Å². The highest BCUT2D eigenvalue weighted by molar-refractivity contribution is 6.32. The second kappa shape index (κ2) is 5.76. The van der Waals surface area contributed by atoms with Gasteiger partial charge in [0.2, 0.25) is 5.88 Å². The number of carboxylic acids is 1. The van der Waals surface area contributed by atoms with Crippen molar-refractivity contribution < 1.29 is 19.6 Å². The molecule has 1 aromatic heterocycles. The number of carbonyl (C=O) groups is 1. The maximum atomic E-state index is 11.2. The molecule has 0 aliphatic rings. The Hall–Kier alpha value is -2.67. The van der Waals surface area contributed by atoms with Gasteiger partial charge in [0.1, 0.15) is 11.3 Å². The molecule has 1 aromatic carbocycles. The van der Waals surface area contributed by atoms with Gasteiger partial charge in [-0.1, -0.05) is 11.6 Å². The number of benzene rings is 1. The van der Waals surface area contributed by atoms with Crippen LogP contribution in [0.25, 0.3) is 0 Å². The van der Waals surface area contributed by atoms with Gasteiger partial charge < -0.3 is 9.84 Å². The lowest BCUT2D eigenvalue weighted by atomic mass is 10.1. The summed E-state index contributed by atoms with van der Waals surface area (Å²) in [4.78, 5) is 25.1. The second-order valence-electron chi connectivity index (χ2n) is 4.09. The van der Waals surface area contributed by atoms with Crippen molar-refractivity contribution in [2.45, 2.75) is 6.92 Å². The first kappa shape index (κ1) is 14.7. The number of aromatic nitrogens is 1. The number of non-ortho nitro benzene ring substituents is 1. The van der Waals surface area contributed by atoms with Gasteiger partial charge in [0, 0.05) is 18.3 Å². The molecule has 108 valence electrons. The first-order valence-electron chi connectivity index (χ1n) is 5.71. The number of carboxylic acid groups (broad SMARTS) is 1. The third-order valence-electron chi connectivity index (χ3n) is 2.67. The van der Waals surface area contributed by atoms with Gasteiger partial charge in [0.25, 0.3) is 5.69 Å². The lowest BCUT2D eigenvalue weighted by Crippen LogP contribution is -2.04. The molecule has 0 bridgehead atoms. The Morgan fingerprint density at radius 1 is 1.43 bits per heavy atom. The highest BCUT2D eigenvalue weighted by Gasteiger charge is 2.18. The summed E-state index contributed by atoms with van der Waals surface area (Å²) >= 11 is 5.89. The average molecular weight is 309 g/mol. The molecule has 1 heterocycles. The van der Waals surface area contributed by atoms with Crippen molar-refractivity contribution >= 4 is 23.3 Å². The topological polar surface area (TPSA) is 103 Å². The second-order valence-corrected chi connectivity index (χ2v) is 4.49. The number of hydrogen-bond donors (Lipinski definition) is 1. The van der Waals surface area contributed by atoms with Crippen LogP contribution in [0.4, 0.5) is 5.69 Å². The van der Waals surface area contributed by atoms with Crippen LogP contribution in [-0.4, -0.2) is 21.0 Å². The first-order valence-corrected chi connectivity index (χ1v) is 6.08. The number of halogens is 1. The number of nitro benzene ring substituents is 1. The smallest absolute Gasteiger partial charge is 0.341 e. The summed E-state index contributed by atoms with van der Waals surface area (Å²) in [5, 5.41) is 19.8. The van der Waals surface area contributed by atoms with E-state index in [0.717, 1.165) is 6.07 Å². The predicted octanol–water partition coefficient (Wildman–Crippen LogP) is 3.44. The normalized spacial score (nSPS) is 10.2. The van der Waals surface area contributed by atoms with E-state index in [-0.39, 0.29) is 27.9 Å². The Morgan fingerprint density at radius 2 is 2.14 bits per heavy atom. The summed E-state index contributed by atoms with van der Waals surface area (Å²) < 4.78 is 5.37. The van der Waals surface area contributed by atoms with E-state index < -0.39 is 10.9 Å². The van der Waals surface area contributed by atoms with Crippen molar-refractivity contribution in [1.82, 2.24) is 4.98 Å². The van der Waals surface area contributed by atoms with Crippen molar-refractivity contribution in [3.8, 4) is 11.6 Å². The monoisotopic (exact) mass is 308 g/mol. The van der Waals surface area contributed by atoms with Crippen LogP contribution < -0.4 is 4.74 Å². The van der Waals surface area contributed by atoms with Crippen molar-refractivity contribution in [3.63, 3.8) is 0 Å². The van der Waals surface area contributed by atoms with Crippen LogP contribution in [0.15, 0.2) is 30.5 Å². The molecule has 0 spiro atoms. The summed E-state index contributed by atoms with van der Waals surface area (Å²) in [7, 11) is 0. The number of hydrogen-bond acceptors (Lipinski definition) is 5. The van der Waals surface area contributed by atoms with Crippen LogP contribution in [-0.2, 0) is 0 Å². The maximum Gasteiger partial charge on any atom is 0.341 e. The largest absolute Gasteiger partial charge is 0.477 e. The molecule has 0 unspecified atom stereocenters. The van der Waals surface area contributed by atoms with Crippen LogP contribution in [0.3, 0.4) is 0 Å². The van der Waals surface area contributed by atoms with Crippen LogP contribution in [0.1, 0.15) is 15.9 Å². The van der Waals surface area contributed by atoms with Crippen molar-refractivity contribution in [2.24, 2.45) is 0 Å². The Morgan fingerprint density at radius 3 is 2.71 bits per heavy atom. The van der Waals surface area contributed by atoms with Crippen LogP contribution in [0.5, 0.6) is 11.6 Å². The molecule has 0 aliphatic carbocycles. The number of nitro groups is 1. The van der Waals surface area contributed by atoms with Gasteiger partial charge in [-0.05, 0) is 24.6 Å². The fraction of sp³-hybridized carbons (Fsp3) is 0.0769. The fourth-order valence-corrected chi connectivity index (χ4v) is 1.87. The molecule has 8 heteroatoms. The van der Waals surface area contributed by atoms with E-state index in [1.807, 2.05) is 0 Å². The quantitative estimate of drug-likeness (QED) is 0.685. The highest BCUT2D eigenvalue weighted by Crippen LogP contribution is 2.33. The van der Waals surface area contributed by atoms with Crippen LogP contribution in [0, 0.1) is 17.0 Å². The Kier molecular flexibility index (Phi) is 4.04. The highest BCUT2D eigenvalue weighted by atomic mass is 35.5. The van der Waals surface area contributed by atoms with E-state index in [4.69, 9.17) is 21.4 Å². The standard InChI is InChI=1S/C13H9ClN2O5/c1-7-4-5-15-12(11(7)13(17)18)21-10-3-2-8(16(19)20)6-9(10)14/h2-6H,1H3,(H,17,18). The van der Waals surface area contributed by atoms with E-state index >= 15 is 0 Å². The molecule has 0 fully saturated rings. The number of rotatable bonds is 4. The molecular weight excluding hydrogens is 300 g/mol. The summed E-state index contributed by atoms with van der Waals surface area (Å²) in [5.41, 5.74) is 0.195. The predicted molar refractivity (Wildman–Crippen MR) is 74.1 cm³/mol. The van der Waals surface area contributed by atoms with Gasteiger partial charge in [-0.15, -0.1) is 0 Å². The number of ether oxygens (including phenoxy) is 1. The van der Waals surface area contributed by atoms with E-state index in [9.17, 15) is 14.9 Å². The number of aromatic carboxylic acids is 1. The van der Waals surface area contributed by atoms with Gasteiger partial charge in [-0.25, -0.2) is 9.78 Å². The van der Waals surface area contributed by atoms with Crippen molar-refractivity contribution in [2.75, 3.05) is 0 Å². The third kappa shape index (κ3) is 3.09. The molecule has 2 rings (SSSR count). The third-order valence-corrected chi connectivity index (χ3v) is 2.97. The summed E-state index contributed by atoms with van der Waals surface area (Å²) in [6.07, 6.45) is 1.40. The lowest BCUT2D eigenvalue weighted by Gasteiger charge is -2.10. The van der Waals surface area contributed by atoms with E-state index in [0.29, 0.717) is 5.56 Å². The minimum Gasteiger partial charge on any atom is -0.477 e. The first-order chi connectivity index (χ1) is 9.90. The molecule has 0 saturated heterocycles. The number of nitrogens with zero attached hydrogens (tertiary/aromatic N) is 2. The van der Waals surface area contributed by atoms with Gasteiger partial charge >= 0.3 is 5.97 Å². The van der Waals surface area contributed by atoms with E-state index in [1.54, 1.807) is 6.92 Å². The lowest BCUT2D eigenvalue weighted by molar-refractivity contribution is -0.384. The van der Waals surface area contributed by atoms with E-state index in [1.165, 1.54) is 24.4 Å². The van der Waals surface area contributed by atoms with Crippen LogP contribution in [0.2, 0.25) is 5.02 Å². The van der Waals surface area contributed by atoms with Crippen molar-refractivity contribution in [1.29, 1.82) is 0 Å². The molecule has 0 radical (unpaired) electrons. The van der Waals surface area contributed by atoms with Crippen molar-refractivity contribution in [3.05, 3.63) is 56.7 Å². The minimum absolute atomic E-state index is 0.0103. The zero-order chi connectivity index (χ0) is 15.6.